The highest BCUT2D eigenvalue weighted by molar-refractivity contribution is 7.89. The van der Waals surface area contributed by atoms with Crippen molar-refractivity contribution in [3.8, 4) is 0 Å². The van der Waals surface area contributed by atoms with E-state index in [-0.39, 0.29) is 35.0 Å². The minimum absolute atomic E-state index is 0. The van der Waals surface area contributed by atoms with Crippen molar-refractivity contribution in [3.63, 3.8) is 0 Å². The Morgan fingerprint density at radius 1 is 1.03 bits per heavy atom. The van der Waals surface area contributed by atoms with Gasteiger partial charge in [-0.05, 0) is 37.8 Å². The van der Waals surface area contributed by atoms with Crippen LogP contribution in [0.5, 0.6) is 0 Å². The van der Waals surface area contributed by atoms with Gasteiger partial charge in [0.05, 0.1) is 20.9 Å². The summed E-state index contributed by atoms with van der Waals surface area (Å²) in [6.45, 7) is 2.72. The van der Waals surface area contributed by atoms with Gasteiger partial charge in [-0.25, -0.2) is 23.5 Å². The molecule has 0 saturated heterocycles. The van der Waals surface area contributed by atoms with Gasteiger partial charge in [0, 0.05) is 30.0 Å². The van der Waals surface area contributed by atoms with Crippen LogP contribution >= 0.6 is 12.4 Å². The van der Waals surface area contributed by atoms with Gasteiger partial charge in [-0.1, -0.05) is 37.6 Å². The number of aryl methyl sites for hydroxylation is 2. The first-order valence-corrected chi connectivity index (χ1v) is 13.1. The van der Waals surface area contributed by atoms with Crippen LogP contribution < -0.4 is 10.9 Å². The van der Waals surface area contributed by atoms with Gasteiger partial charge in [0.2, 0.25) is 10.0 Å². The largest absolute Gasteiger partial charge is 0.382 e. The molecule has 4 aromatic rings. The molecule has 12 heteroatoms. The van der Waals surface area contributed by atoms with E-state index in [1.54, 1.807) is 0 Å². The Hall–Kier alpha value is -3.28. The van der Waals surface area contributed by atoms with Gasteiger partial charge in [-0.2, -0.15) is 0 Å². The van der Waals surface area contributed by atoms with Crippen LogP contribution in [0.15, 0.2) is 47.4 Å². The third-order valence-electron chi connectivity index (χ3n) is 6.11. The summed E-state index contributed by atoms with van der Waals surface area (Å²) >= 11 is 0. The van der Waals surface area contributed by atoms with Gasteiger partial charge in [-0.15, -0.1) is 12.4 Å². The fraction of sp³-hybridized carbons (Fsp3) is 0.333. The summed E-state index contributed by atoms with van der Waals surface area (Å²) in [6.07, 6.45) is 4.17. The SMILES string of the molecule is CCCCc1nc2c(N)nc3ccccc3c2n1CCCCc1c([N+](=O)[O-])cccc1S(N)(=O)=O.Cl. The highest BCUT2D eigenvalue weighted by Crippen LogP contribution is 2.31. The molecule has 0 bridgehead atoms. The second kappa shape index (κ2) is 11.2. The number of nitrogens with zero attached hydrogens (tertiary/aromatic N) is 4. The number of aromatic nitrogens is 3. The van der Waals surface area contributed by atoms with E-state index in [4.69, 9.17) is 15.9 Å². The molecule has 2 heterocycles. The third-order valence-corrected chi connectivity index (χ3v) is 7.11. The molecule has 0 fully saturated rings. The zero-order chi connectivity index (χ0) is 25.2. The molecular weight excluding hydrogens is 504 g/mol. The first kappa shape index (κ1) is 27.3. The molecular formula is C24H29ClN6O4S. The molecule has 192 valence electrons. The number of nitro benzene ring substituents is 1. The van der Waals surface area contributed by atoms with Gasteiger partial charge >= 0.3 is 0 Å². The molecule has 10 nitrogen and oxygen atoms in total. The third kappa shape index (κ3) is 5.43. The molecule has 0 aliphatic rings. The molecule has 0 unspecified atom stereocenters. The molecule has 4 N–H and O–H groups in total. The predicted molar refractivity (Wildman–Crippen MR) is 143 cm³/mol. The normalized spacial score (nSPS) is 11.6. The number of sulfonamides is 1. The lowest BCUT2D eigenvalue weighted by atomic mass is 10.1. The number of fused-ring (bicyclic) bond motifs is 3. The summed E-state index contributed by atoms with van der Waals surface area (Å²) in [5.41, 5.74) is 8.54. The van der Waals surface area contributed by atoms with Crippen LogP contribution in [0.4, 0.5) is 11.5 Å². The van der Waals surface area contributed by atoms with Crippen molar-refractivity contribution in [2.45, 2.75) is 56.9 Å². The lowest BCUT2D eigenvalue weighted by Crippen LogP contribution is -2.15. The molecule has 2 aromatic carbocycles. The summed E-state index contributed by atoms with van der Waals surface area (Å²) in [4.78, 5) is 20.0. The number of imidazole rings is 1. The van der Waals surface area contributed by atoms with Gasteiger partial charge in [0.1, 0.15) is 11.3 Å². The maximum absolute atomic E-state index is 12.0. The Bertz CT molecular complexity index is 1520. The topological polar surface area (TPSA) is 160 Å². The minimum atomic E-state index is -4.09. The number of primary sulfonamides is 1. The molecule has 0 spiro atoms. The molecule has 36 heavy (non-hydrogen) atoms. The minimum Gasteiger partial charge on any atom is -0.382 e. The van der Waals surface area contributed by atoms with Crippen LogP contribution in [-0.2, 0) is 29.4 Å². The summed E-state index contributed by atoms with van der Waals surface area (Å²) < 4.78 is 26.2. The summed E-state index contributed by atoms with van der Waals surface area (Å²) in [5.74, 6) is 1.30. The van der Waals surface area contributed by atoms with Crippen molar-refractivity contribution in [1.29, 1.82) is 0 Å². The zero-order valence-electron chi connectivity index (χ0n) is 19.9. The highest BCUT2D eigenvalue weighted by Gasteiger charge is 2.23. The number of halogens is 1. The Kier molecular flexibility index (Phi) is 8.49. The van der Waals surface area contributed by atoms with E-state index >= 15 is 0 Å². The monoisotopic (exact) mass is 532 g/mol. The van der Waals surface area contributed by atoms with Crippen LogP contribution in [-0.4, -0.2) is 27.9 Å². The molecule has 0 saturated carbocycles. The van der Waals surface area contributed by atoms with Gasteiger partial charge in [-0.3, -0.25) is 10.1 Å². The zero-order valence-corrected chi connectivity index (χ0v) is 21.5. The van der Waals surface area contributed by atoms with E-state index in [1.165, 1.54) is 18.2 Å². The maximum atomic E-state index is 12.0. The standard InChI is InChI=1S/C24H28N6O4S.ClH/c1-2-3-14-21-28-22-23(16-9-4-5-11-18(16)27-24(22)25)29(21)15-7-6-10-17-19(30(31)32)12-8-13-20(17)35(26,33)34;/h4-5,8-9,11-13H,2-3,6-7,10,14-15H2,1H3,(H2,25,27)(H2,26,33,34);1H. The molecule has 4 rings (SSSR count). The fourth-order valence-corrected chi connectivity index (χ4v) is 5.30. The average Bonchev–Trinajstić information content (AvgIpc) is 3.19. The molecule has 0 radical (unpaired) electrons. The van der Waals surface area contributed by atoms with E-state index < -0.39 is 14.9 Å². The van der Waals surface area contributed by atoms with E-state index in [0.29, 0.717) is 30.7 Å². The van der Waals surface area contributed by atoms with E-state index in [2.05, 4.69) is 16.5 Å². The van der Waals surface area contributed by atoms with Crippen molar-refractivity contribution < 1.29 is 13.3 Å². The number of hydrogen-bond donors (Lipinski definition) is 2. The number of hydrogen-bond acceptors (Lipinski definition) is 7. The molecule has 0 amide bonds. The van der Waals surface area contributed by atoms with Crippen molar-refractivity contribution >= 4 is 55.9 Å². The van der Waals surface area contributed by atoms with Crippen molar-refractivity contribution in [2.75, 3.05) is 5.73 Å². The van der Waals surface area contributed by atoms with Crippen LogP contribution in [0.1, 0.15) is 44.0 Å². The smallest absolute Gasteiger partial charge is 0.273 e. The van der Waals surface area contributed by atoms with Gasteiger partial charge in [0.15, 0.2) is 5.82 Å². The van der Waals surface area contributed by atoms with Gasteiger partial charge in [0.25, 0.3) is 5.69 Å². The van der Waals surface area contributed by atoms with E-state index in [1.807, 2.05) is 24.3 Å². The quantitative estimate of drug-likeness (QED) is 0.172. The van der Waals surface area contributed by atoms with Crippen molar-refractivity contribution in [3.05, 3.63) is 64.0 Å². The predicted octanol–water partition coefficient (Wildman–Crippen LogP) is 4.51. The van der Waals surface area contributed by atoms with Crippen LogP contribution in [0.2, 0.25) is 0 Å². The Labute approximate surface area is 215 Å². The first-order valence-electron chi connectivity index (χ1n) is 11.5. The molecule has 0 atom stereocenters. The van der Waals surface area contributed by atoms with Crippen LogP contribution in [0.25, 0.3) is 21.9 Å². The van der Waals surface area contributed by atoms with E-state index in [0.717, 1.165) is 41.5 Å². The number of benzene rings is 2. The number of unbranched alkanes of at least 4 members (excludes halogenated alkanes) is 2. The summed E-state index contributed by atoms with van der Waals surface area (Å²) in [7, 11) is -4.09. The van der Waals surface area contributed by atoms with Crippen molar-refractivity contribution in [2.24, 2.45) is 5.14 Å². The molecule has 0 aliphatic carbocycles. The number of anilines is 1. The molecule has 2 aromatic heterocycles. The van der Waals surface area contributed by atoms with E-state index in [9.17, 15) is 18.5 Å². The second-order valence-corrected chi connectivity index (χ2v) is 10.0. The lowest BCUT2D eigenvalue weighted by Gasteiger charge is -2.12. The Morgan fingerprint density at radius 3 is 2.47 bits per heavy atom. The summed E-state index contributed by atoms with van der Waals surface area (Å²) in [5, 5.41) is 17.8. The molecule has 0 aliphatic heterocycles. The van der Waals surface area contributed by atoms with Crippen molar-refractivity contribution in [1.82, 2.24) is 14.5 Å². The van der Waals surface area contributed by atoms with Gasteiger partial charge < -0.3 is 10.3 Å². The average molecular weight is 533 g/mol. The number of nitro groups is 1. The number of pyridine rings is 1. The fourth-order valence-electron chi connectivity index (χ4n) is 4.49. The Morgan fingerprint density at radius 2 is 1.78 bits per heavy atom. The summed E-state index contributed by atoms with van der Waals surface area (Å²) in [6, 6.07) is 11.7. The number of para-hydroxylation sites is 1. The van der Waals surface area contributed by atoms with Crippen LogP contribution in [0, 0.1) is 10.1 Å². The first-order chi connectivity index (χ1) is 16.7. The number of rotatable bonds is 10. The lowest BCUT2D eigenvalue weighted by molar-refractivity contribution is -0.385. The number of nitrogen functional groups attached to an aromatic ring is 1. The second-order valence-electron chi connectivity index (χ2n) is 8.51. The van der Waals surface area contributed by atoms with Crippen LogP contribution in [0.3, 0.4) is 0 Å². The maximum Gasteiger partial charge on any atom is 0.273 e. The Balaban J connectivity index is 0.00000361. The highest BCUT2D eigenvalue weighted by atomic mass is 35.5. The number of nitrogens with two attached hydrogens (primary N) is 2.